The average Bonchev–Trinajstić information content (AvgIpc) is 3.01. The first-order valence-electron chi connectivity index (χ1n) is 4.58. The maximum atomic E-state index is 13.5. The summed E-state index contributed by atoms with van der Waals surface area (Å²) in [6, 6.07) is 6.43. The smallest absolute Gasteiger partial charge is 0.141 e. The van der Waals surface area contributed by atoms with E-state index in [-0.39, 0.29) is 11.7 Å². The lowest BCUT2D eigenvalue weighted by Gasteiger charge is -2.21. The number of benzene rings is 1. The molecule has 1 aromatic rings. The van der Waals surface area contributed by atoms with Crippen molar-refractivity contribution in [3.8, 4) is 0 Å². The molecule has 14 heavy (non-hydrogen) atoms. The summed E-state index contributed by atoms with van der Waals surface area (Å²) in [4.78, 5) is 11.0. The van der Waals surface area contributed by atoms with Gasteiger partial charge in [-0.25, -0.2) is 4.39 Å². The molecule has 3 heteroatoms. The predicted octanol–water partition coefficient (Wildman–Crippen LogP) is 3.02. The van der Waals surface area contributed by atoms with E-state index in [0.717, 1.165) is 19.1 Å². The monoisotopic (exact) mass is 256 g/mol. The van der Waals surface area contributed by atoms with Crippen LogP contribution >= 0.6 is 15.9 Å². The number of rotatable bonds is 3. The van der Waals surface area contributed by atoms with Gasteiger partial charge in [-0.1, -0.05) is 34.1 Å². The Labute approximate surface area is 90.4 Å². The molecule has 0 aromatic heterocycles. The summed E-state index contributed by atoms with van der Waals surface area (Å²) >= 11 is 3.36. The number of hydrogen-bond acceptors (Lipinski definition) is 1. The maximum absolute atomic E-state index is 13.5. The largest absolute Gasteiger partial charge is 0.301 e. The number of halogens is 2. The number of carbonyl (C=O) groups excluding carboxylic acids is 1. The minimum atomic E-state index is -0.807. The summed E-state index contributed by atoms with van der Waals surface area (Å²) in [6.45, 7) is 0. The van der Waals surface area contributed by atoms with Gasteiger partial charge < -0.3 is 4.79 Å². The molecule has 0 aliphatic heterocycles. The summed E-state index contributed by atoms with van der Waals surface area (Å²) in [5.74, 6) is -0.0692. The fraction of sp³-hybridized carbons (Fsp3) is 0.364. The van der Waals surface area contributed by atoms with Crippen LogP contribution in [0.15, 0.2) is 24.3 Å². The molecule has 1 unspecified atom stereocenters. The fourth-order valence-corrected chi connectivity index (χ4v) is 2.43. The van der Waals surface area contributed by atoms with Gasteiger partial charge in [-0.3, -0.25) is 0 Å². The third-order valence-corrected chi connectivity index (χ3v) is 3.89. The summed E-state index contributed by atoms with van der Waals surface area (Å²) in [6.07, 6.45) is 2.78. The zero-order valence-corrected chi connectivity index (χ0v) is 9.13. The van der Waals surface area contributed by atoms with E-state index in [0.29, 0.717) is 5.56 Å². The van der Waals surface area contributed by atoms with Crippen molar-refractivity contribution >= 4 is 22.2 Å². The highest BCUT2D eigenvalue weighted by Crippen LogP contribution is 2.50. The zero-order valence-electron chi connectivity index (χ0n) is 7.54. The second-order valence-corrected chi connectivity index (χ2v) is 4.95. The van der Waals surface area contributed by atoms with Gasteiger partial charge in [0.2, 0.25) is 0 Å². The highest BCUT2D eigenvalue weighted by atomic mass is 79.9. The predicted molar refractivity (Wildman–Crippen MR) is 55.8 cm³/mol. The van der Waals surface area contributed by atoms with Crippen LogP contribution in [0.4, 0.5) is 4.39 Å². The van der Waals surface area contributed by atoms with Gasteiger partial charge in [0.25, 0.3) is 0 Å². The molecule has 0 bridgehead atoms. The first-order valence-corrected chi connectivity index (χ1v) is 5.38. The molecule has 1 saturated carbocycles. The molecule has 0 heterocycles. The van der Waals surface area contributed by atoms with E-state index in [2.05, 4.69) is 15.9 Å². The number of aldehydes is 1. The zero-order chi connectivity index (χ0) is 10.2. The third kappa shape index (κ3) is 1.50. The van der Waals surface area contributed by atoms with E-state index in [1.807, 2.05) is 0 Å². The van der Waals surface area contributed by atoms with Crippen molar-refractivity contribution in [1.29, 1.82) is 0 Å². The van der Waals surface area contributed by atoms with E-state index >= 15 is 0 Å². The molecule has 0 radical (unpaired) electrons. The summed E-state index contributed by atoms with van der Waals surface area (Å²) in [5.41, 5.74) is 0.456. The van der Waals surface area contributed by atoms with Crippen molar-refractivity contribution in [2.24, 2.45) is 5.92 Å². The molecule has 0 spiro atoms. The Morgan fingerprint density at radius 3 is 2.57 bits per heavy atom. The van der Waals surface area contributed by atoms with Crippen LogP contribution < -0.4 is 0 Å². The molecule has 1 aromatic carbocycles. The average molecular weight is 257 g/mol. The van der Waals surface area contributed by atoms with Crippen molar-refractivity contribution in [2.45, 2.75) is 17.2 Å². The van der Waals surface area contributed by atoms with Gasteiger partial charge in [-0.2, -0.15) is 0 Å². The summed E-state index contributed by atoms with van der Waals surface area (Å²) < 4.78 is 12.7. The van der Waals surface area contributed by atoms with E-state index in [1.165, 1.54) is 6.07 Å². The normalized spacial score (nSPS) is 20.1. The first-order chi connectivity index (χ1) is 6.68. The van der Waals surface area contributed by atoms with Crippen LogP contribution in [0.25, 0.3) is 0 Å². The standard InChI is InChI=1S/C11H10BrFO/c12-11(7-14,8-5-6-8)9-3-1-2-4-10(9)13/h1-4,7-8H,5-6H2. The Morgan fingerprint density at radius 2 is 2.07 bits per heavy atom. The van der Waals surface area contributed by atoms with Crippen molar-refractivity contribution in [3.05, 3.63) is 35.6 Å². The van der Waals surface area contributed by atoms with E-state index in [9.17, 15) is 9.18 Å². The van der Waals surface area contributed by atoms with Crippen LogP contribution in [0.1, 0.15) is 18.4 Å². The molecule has 1 fully saturated rings. The molecule has 1 atom stereocenters. The fourth-order valence-electron chi connectivity index (χ4n) is 1.66. The first kappa shape index (κ1) is 9.84. The van der Waals surface area contributed by atoms with Crippen molar-refractivity contribution in [3.63, 3.8) is 0 Å². The van der Waals surface area contributed by atoms with Gasteiger partial charge in [0.15, 0.2) is 0 Å². The second kappa shape index (κ2) is 3.46. The molecular weight excluding hydrogens is 247 g/mol. The van der Waals surface area contributed by atoms with Crippen molar-refractivity contribution in [2.75, 3.05) is 0 Å². The minimum absolute atomic E-state index is 0.247. The van der Waals surface area contributed by atoms with E-state index in [1.54, 1.807) is 18.2 Å². The maximum Gasteiger partial charge on any atom is 0.141 e. The second-order valence-electron chi connectivity index (χ2n) is 3.64. The Hall–Kier alpha value is -0.700. The van der Waals surface area contributed by atoms with Gasteiger partial charge in [-0.15, -0.1) is 0 Å². The Balaban J connectivity index is 2.45. The van der Waals surface area contributed by atoms with E-state index < -0.39 is 4.32 Å². The third-order valence-electron chi connectivity index (χ3n) is 2.63. The van der Waals surface area contributed by atoms with Crippen LogP contribution in [0.2, 0.25) is 0 Å². The van der Waals surface area contributed by atoms with Crippen LogP contribution in [0.5, 0.6) is 0 Å². The van der Waals surface area contributed by atoms with Gasteiger partial charge in [0.05, 0.1) is 0 Å². The molecule has 0 saturated heterocycles. The number of carbonyl (C=O) groups is 1. The van der Waals surface area contributed by atoms with Gasteiger partial charge in [0.1, 0.15) is 16.4 Å². The van der Waals surface area contributed by atoms with Crippen LogP contribution in [0, 0.1) is 11.7 Å². The van der Waals surface area contributed by atoms with Gasteiger partial charge in [0, 0.05) is 5.56 Å². The molecule has 1 aliphatic rings. The molecule has 74 valence electrons. The molecule has 0 N–H and O–H groups in total. The van der Waals surface area contributed by atoms with Crippen LogP contribution in [0.3, 0.4) is 0 Å². The minimum Gasteiger partial charge on any atom is -0.301 e. The number of alkyl halides is 1. The van der Waals surface area contributed by atoms with E-state index in [4.69, 9.17) is 0 Å². The van der Waals surface area contributed by atoms with Crippen LogP contribution in [-0.4, -0.2) is 6.29 Å². The SMILES string of the molecule is O=CC(Br)(c1ccccc1F)C1CC1. The Morgan fingerprint density at radius 1 is 1.43 bits per heavy atom. The Bertz CT molecular complexity index is 362. The quantitative estimate of drug-likeness (QED) is 0.600. The van der Waals surface area contributed by atoms with Gasteiger partial charge >= 0.3 is 0 Å². The van der Waals surface area contributed by atoms with Crippen molar-refractivity contribution in [1.82, 2.24) is 0 Å². The highest BCUT2D eigenvalue weighted by molar-refractivity contribution is 9.10. The lowest BCUT2D eigenvalue weighted by molar-refractivity contribution is -0.110. The molecule has 1 nitrogen and oxygen atoms in total. The van der Waals surface area contributed by atoms with Gasteiger partial charge in [-0.05, 0) is 24.8 Å². The summed E-state index contributed by atoms with van der Waals surface area (Å²) in [5, 5.41) is 0. The van der Waals surface area contributed by atoms with Crippen molar-refractivity contribution < 1.29 is 9.18 Å². The number of hydrogen-bond donors (Lipinski definition) is 0. The molecular formula is C11H10BrFO. The Kier molecular flexibility index (Phi) is 2.43. The summed E-state index contributed by atoms with van der Waals surface area (Å²) in [7, 11) is 0. The van der Waals surface area contributed by atoms with Crippen LogP contribution in [-0.2, 0) is 9.12 Å². The molecule has 1 aliphatic carbocycles. The molecule has 0 amide bonds. The topological polar surface area (TPSA) is 17.1 Å². The molecule has 2 rings (SSSR count). The highest BCUT2D eigenvalue weighted by Gasteiger charge is 2.45. The lowest BCUT2D eigenvalue weighted by Crippen LogP contribution is -2.23. The lowest BCUT2D eigenvalue weighted by atomic mass is 9.95.